The Morgan fingerprint density at radius 1 is 1.38 bits per heavy atom. The second-order valence-corrected chi connectivity index (χ2v) is 5.40. The van der Waals surface area contributed by atoms with Gasteiger partial charge in [0, 0.05) is 23.5 Å². The van der Waals surface area contributed by atoms with Crippen molar-refractivity contribution in [1.82, 2.24) is 9.88 Å². The molecule has 3 N–H and O–H groups in total. The topological polar surface area (TPSA) is 93.9 Å². The third-order valence-electron chi connectivity index (χ3n) is 3.89. The van der Waals surface area contributed by atoms with Gasteiger partial charge in [-0.1, -0.05) is 24.3 Å². The van der Waals surface area contributed by atoms with E-state index >= 15 is 0 Å². The smallest absolute Gasteiger partial charge is 0.276 e. The number of fused-ring (bicyclic) bond motifs is 1. The lowest BCUT2D eigenvalue weighted by Crippen LogP contribution is -2.39. The lowest BCUT2D eigenvalue weighted by atomic mass is 10.1. The van der Waals surface area contributed by atoms with Crippen molar-refractivity contribution in [3.63, 3.8) is 0 Å². The van der Waals surface area contributed by atoms with E-state index in [-0.39, 0.29) is 18.0 Å². The highest BCUT2D eigenvalue weighted by Crippen LogP contribution is 2.29. The van der Waals surface area contributed by atoms with E-state index in [9.17, 15) is 15.0 Å². The summed E-state index contributed by atoms with van der Waals surface area (Å²) < 4.78 is 0. The van der Waals surface area contributed by atoms with Gasteiger partial charge in [0.25, 0.3) is 5.91 Å². The fourth-order valence-electron chi connectivity index (χ4n) is 2.61. The Bertz CT molecular complexity index is 703. The molecular weight excluding hydrogens is 272 g/mol. The van der Waals surface area contributed by atoms with Crippen LogP contribution >= 0.6 is 0 Å². The Labute approximate surface area is 121 Å². The number of rotatable bonds is 2. The zero-order chi connectivity index (χ0) is 15.0. The highest BCUT2D eigenvalue weighted by molar-refractivity contribution is 6.01. The molecule has 21 heavy (non-hydrogen) atoms. The molecule has 1 amide bonds. The van der Waals surface area contributed by atoms with E-state index < -0.39 is 18.1 Å². The van der Waals surface area contributed by atoms with E-state index in [0.717, 1.165) is 5.39 Å². The molecule has 6 nitrogen and oxygen atoms in total. The van der Waals surface area contributed by atoms with Crippen LogP contribution in [0.4, 0.5) is 0 Å². The van der Waals surface area contributed by atoms with Crippen LogP contribution in [-0.4, -0.2) is 56.4 Å². The van der Waals surface area contributed by atoms with Gasteiger partial charge in [0.2, 0.25) is 0 Å². The Morgan fingerprint density at radius 3 is 2.86 bits per heavy atom. The van der Waals surface area contributed by atoms with Crippen molar-refractivity contribution < 1.29 is 20.1 Å². The minimum absolute atomic E-state index is 0.0316. The summed E-state index contributed by atoms with van der Waals surface area (Å²) in [6.45, 7) is -0.0337. The minimum Gasteiger partial charge on any atom is -0.505 e. The minimum atomic E-state index is -1.26. The molecule has 1 aromatic carbocycles. The van der Waals surface area contributed by atoms with Gasteiger partial charge in [0.15, 0.2) is 11.4 Å². The molecule has 3 rings (SSSR count). The molecule has 0 spiro atoms. The number of nitrogens with zero attached hydrogens (tertiary/aromatic N) is 2. The molecule has 110 valence electrons. The molecule has 1 unspecified atom stereocenters. The van der Waals surface area contributed by atoms with Gasteiger partial charge in [0.1, 0.15) is 5.60 Å². The van der Waals surface area contributed by atoms with Crippen molar-refractivity contribution in [3.05, 3.63) is 36.2 Å². The lowest BCUT2D eigenvalue weighted by molar-refractivity contribution is -0.00462. The standard InChI is InChI=1S/C15H16N2O4/c18-9-15(21)5-6-17(8-15)14(20)12-13(19)11-4-2-1-3-10(11)7-16-12/h1-4,7,18-19,21H,5-6,8-9H2. The van der Waals surface area contributed by atoms with Crippen molar-refractivity contribution in [2.45, 2.75) is 12.0 Å². The number of carbonyl (C=O) groups excluding carboxylic acids is 1. The van der Waals surface area contributed by atoms with Crippen LogP contribution in [0.1, 0.15) is 16.9 Å². The number of hydrogen-bond donors (Lipinski definition) is 3. The summed E-state index contributed by atoms with van der Waals surface area (Å²) in [5.74, 6) is -0.597. The summed E-state index contributed by atoms with van der Waals surface area (Å²) in [5.41, 5.74) is -1.29. The first kappa shape index (κ1) is 13.8. The number of amides is 1. The number of likely N-dealkylation sites (tertiary alicyclic amines) is 1. The predicted octanol–water partition coefficient (Wildman–Crippen LogP) is 0.510. The molecule has 1 saturated heterocycles. The Morgan fingerprint density at radius 2 is 2.14 bits per heavy atom. The summed E-state index contributed by atoms with van der Waals surface area (Å²) in [5, 5.41) is 30.7. The summed E-state index contributed by atoms with van der Waals surface area (Å²) in [6.07, 6.45) is 1.85. The van der Waals surface area contributed by atoms with Gasteiger partial charge in [-0.15, -0.1) is 0 Å². The third-order valence-corrected chi connectivity index (χ3v) is 3.89. The number of pyridine rings is 1. The molecule has 1 aromatic heterocycles. The maximum absolute atomic E-state index is 12.4. The Hall–Kier alpha value is -2.18. The second-order valence-electron chi connectivity index (χ2n) is 5.40. The van der Waals surface area contributed by atoms with Gasteiger partial charge >= 0.3 is 0 Å². The Balaban J connectivity index is 1.94. The predicted molar refractivity (Wildman–Crippen MR) is 76.0 cm³/mol. The van der Waals surface area contributed by atoms with Crippen LogP contribution in [0, 0.1) is 0 Å². The van der Waals surface area contributed by atoms with E-state index in [1.807, 2.05) is 6.07 Å². The molecule has 2 heterocycles. The summed E-state index contributed by atoms with van der Waals surface area (Å²) in [4.78, 5) is 17.9. The van der Waals surface area contributed by atoms with E-state index in [2.05, 4.69) is 4.98 Å². The summed E-state index contributed by atoms with van der Waals surface area (Å²) >= 11 is 0. The van der Waals surface area contributed by atoms with Crippen LogP contribution in [0.5, 0.6) is 5.75 Å². The maximum Gasteiger partial charge on any atom is 0.276 e. The van der Waals surface area contributed by atoms with Crippen LogP contribution in [0.2, 0.25) is 0 Å². The number of carbonyl (C=O) groups is 1. The van der Waals surface area contributed by atoms with E-state index in [4.69, 9.17) is 5.11 Å². The fourth-order valence-corrected chi connectivity index (χ4v) is 2.61. The molecular formula is C15H16N2O4. The first-order chi connectivity index (χ1) is 10.0. The van der Waals surface area contributed by atoms with Crippen LogP contribution in [-0.2, 0) is 0 Å². The number of benzene rings is 1. The van der Waals surface area contributed by atoms with Crippen molar-refractivity contribution in [1.29, 1.82) is 0 Å². The average molecular weight is 288 g/mol. The van der Waals surface area contributed by atoms with Gasteiger partial charge in [-0.05, 0) is 6.42 Å². The van der Waals surface area contributed by atoms with Crippen molar-refractivity contribution >= 4 is 16.7 Å². The quantitative estimate of drug-likeness (QED) is 0.748. The molecule has 1 aliphatic rings. The average Bonchev–Trinajstić information content (AvgIpc) is 2.91. The molecule has 0 radical (unpaired) electrons. The molecule has 0 aliphatic carbocycles. The van der Waals surface area contributed by atoms with Crippen molar-refractivity contribution in [3.8, 4) is 5.75 Å². The van der Waals surface area contributed by atoms with E-state index in [0.29, 0.717) is 18.4 Å². The fraction of sp³-hybridized carbons (Fsp3) is 0.333. The van der Waals surface area contributed by atoms with Crippen LogP contribution in [0.3, 0.4) is 0 Å². The van der Waals surface area contributed by atoms with Crippen LogP contribution in [0.15, 0.2) is 30.5 Å². The number of aromatic nitrogens is 1. The summed E-state index contributed by atoms with van der Waals surface area (Å²) in [6, 6.07) is 7.12. The number of aliphatic hydroxyl groups excluding tert-OH is 1. The first-order valence-electron chi connectivity index (χ1n) is 6.73. The van der Waals surface area contributed by atoms with Gasteiger partial charge in [0.05, 0.1) is 13.2 Å². The SMILES string of the molecule is O=C(c1ncc2ccccc2c1O)N1CCC(O)(CO)C1. The molecule has 0 bridgehead atoms. The second kappa shape index (κ2) is 4.98. The zero-order valence-electron chi connectivity index (χ0n) is 11.4. The third kappa shape index (κ3) is 2.32. The lowest BCUT2D eigenvalue weighted by Gasteiger charge is -2.21. The van der Waals surface area contributed by atoms with E-state index in [1.165, 1.54) is 11.1 Å². The zero-order valence-corrected chi connectivity index (χ0v) is 11.4. The van der Waals surface area contributed by atoms with Crippen molar-refractivity contribution in [2.24, 2.45) is 0 Å². The number of aromatic hydroxyl groups is 1. The van der Waals surface area contributed by atoms with Gasteiger partial charge in [-0.3, -0.25) is 4.79 Å². The number of aliphatic hydroxyl groups is 2. The largest absolute Gasteiger partial charge is 0.505 e. The van der Waals surface area contributed by atoms with Gasteiger partial charge in [-0.2, -0.15) is 0 Å². The van der Waals surface area contributed by atoms with E-state index in [1.54, 1.807) is 18.2 Å². The molecule has 1 fully saturated rings. The first-order valence-corrected chi connectivity index (χ1v) is 6.73. The van der Waals surface area contributed by atoms with Crippen LogP contribution < -0.4 is 0 Å². The monoisotopic (exact) mass is 288 g/mol. The normalized spacial score (nSPS) is 21.9. The molecule has 6 heteroatoms. The molecule has 1 aliphatic heterocycles. The molecule has 0 saturated carbocycles. The van der Waals surface area contributed by atoms with Crippen LogP contribution in [0.25, 0.3) is 10.8 Å². The maximum atomic E-state index is 12.4. The Kier molecular flexibility index (Phi) is 3.27. The van der Waals surface area contributed by atoms with Crippen molar-refractivity contribution in [2.75, 3.05) is 19.7 Å². The number of hydrogen-bond acceptors (Lipinski definition) is 5. The van der Waals surface area contributed by atoms with Gasteiger partial charge < -0.3 is 20.2 Å². The number of β-amino-alcohol motifs (C(OH)–C–C–N with tert-alkyl or cyclic N) is 1. The summed E-state index contributed by atoms with van der Waals surface area (Å²) in [7, 11) is 0. The van der Waals surface area contributed by atoms with Gasteiger partial charge in [-0.25, -0.2) is 4.98 Å². The highest BCUT2D eigenvalue weighted by Gasteiger charge is 2.38. The highest BCUT2D eigenvalue weighted by atomic mass is 16.3. The molecule has 2 aromatic rings. The molecule has 1 atom stereocenters.